The van der Waals surface area contributed by atoms with E-state index in [1.807, 2.05) is 19.9 Å². The highest BCUT2D eigenvalue weighted by Gasteiger charge is 2.21. The Kier molecular flexibility index (Phi) is 2.94. The van der Waals surface area contributed by atoms with Gasteiger partial charge in [-0.25, -0.2) is 9.97 Å². The molecule has 1 amide bonds. The second kappa shape index (κ2) is 4.56. The number of anilines is 1. The summed E-state index contributed by atoms with van der Waals surface area (Å²) in [6.07, 6.45) is 0. The maximum Gasteiger partial charge on any atom is 0.260 e. The largest absolute Gasteiger partial charge is 0.459 e. The van der Waals surface area contributed by atoms with Gasteiger partial charge in [-0.3, -0.25) is 4.79 Å². The molecule has 21 heavy (non-hydrogen) atoms. The van der Waals surface area contributed by atoms with E-state index in [9.17, 15) is 4.79 Å². The first-order valence-corrected chi connectivity index (χ1v) is 7.14. The molecule has 0 aliphatic carbocycles. The predicted molar refractivity (Wildman–Crippen MR) is 82.3 cm³/mol. The molecule has 0 aliphatic rings. The Morgan fingerprint density at radius 3 is 2.57 bits per heavy atom. The van der Waals surface area contributed by atoms with Gasteiger partial charge in [0.05, 0.1) is 11.1 Å². The fraction of sp³-hybridized carbons (Fsp3) is 0.214. The zero-order chi connectivity index (χ0) is 15.3. The van der Waals surface area contributed by atoms with E-state index in [1.165, 1.54) is 11.3 Å². The number of carbonyl (C=O) groups is 1. The second-order valence-corrected chi connectivity index (χ2v) is 5.86. The van der Waals surface area contributed by atoms with Crippen molar-refractivity contribution in [2.45, 2.75) is 20.8 Å². The van der Waals surface area contributed by atoms with Gasteiger partial charge < -0.3 is 15.9 Å². The lowest BCUT2D eigenvalue weighted by molar-refractivity contribution is 0.100. The summed E-state index contributed by atoms with van der Waals surface area (Å²) in [4.78, 5) is 21.2. The van der Waals surface area contributed by atoms with Crippen molar-refractivity contribution in [2.75, 3.05) is 5.73 Å². The summed E-state index contributed by atoms with van der Waals surface area (Å²) in [6.45, 7) is 5.63. The number of carbonyl (C=O) groups excluding carboxylic acids is 1. The summed E-state index contributed by atoms with van der Waals surface area (Å²) in [5.41, 5.74) is 13.3. The average molecular weight is 302 g/mol. The van der Waals surface area contributed by atoms with Crippen molar-refractivity contribution < 1.29 is 9.21 Å². The van der Waals surface area contributed by atoms with Crippen LogP contribution in [-0.2, 0) is 0 Å². The minimum absolute atomic E-state index is 0.297. The topological polar surface area (TPSA) is 108 Å². The quantitative estimate of drug-likeness (QED) is 0.756. The van der Waals surface area contributed by atoms with E-state index in [0.717, 1.165) is 11.3 Å². The van der Waals surface area contributed by atoms with Crippen molar-refractivity contribution in [2.24, 2.45) is 5.73 Å². The van der Waals surface area contributed by atoms with E-state index < -0.39 is 5.91 Å². The van der Waals surface area contributed by atoms with Gasteiger partial charge in [0.1, 0.15) is 27.0 Å². The fourth-order valence-corrected chi connectivity index (χ4v) is 3.17. The van der Waals surface area contributed by atoms with Gasteiger partial charge in [-0.15, -0.1) is 11.3 Å². The van der Waals surface area contributed by atoms with Crippen molar-refractivity contribution in [3.05, 3.63) is 28.1 Å². The lowest BCUT2D eigenvalue weighted by atomic mass is 10.1. The van der Waals surface area contributed by atoms with E-state index in [0.29, 0.717) is 38.1 Å². The zero-order valence-corrected chi connectivity index (χ0v) is 12.7. The number of hydrogen-bond acceptors (Lipinski definition) is 6. The summed E-state index contributed by atoms with van der Waals surface area (Å²) in [5.74, 6) is 1.45. The Morgan fingerprint density at radius 2 is 2.00 bits per heavy atom. The minimum atomic E-state index is -0.564. The number of aryl methyl sites for hydroxylation is 3. The lowest BCUT2D eigenvalue weighted by Crippen LogP contribution is -2.10. The predicted octanol–water partition coefficient (Wildman–Crippen LogP) is 2.56. The van der Waals surface area contributed by atoms with Crippen LogP contribution in [0, 0.1) is 20.8 Å². The number of fused-ring (bicyclic) bond motifs is 1. The molecule has 3 aromatic rings. The van der Waals surface area contributed by atoms with Gasteiger partial charge in [0.2, 0.25) is 0 Å². The van der Waals surface area contributed by atoms with Gasteiger partial charge in [0.25, 0.3) is 5.91 Å². The van der Waals surface area contributed by atoms with Crippen LogP contribution in [0.25, 0.3) is 21.7 Å². The molecular formula is C14H14N4O2S. The van der Waals surface area contributed by atoms with Crippen LogP contribution in [0.1, 0.15) is 26.8 Å². The summed E-state index contributed by atoms with van der Waals surface area (Å²) >= 11 is 1.17. The standard InChI is InChI=1S/C14H14N4O2S/c1-5-4-8(20-6(5)2)11-9-10(15)12(13(16)19)21-14(9)18-7(3)17-11/h4H,15H2,1-3H3,(H2,16,19). The van der Waals surface area contributed by atoms with Crippen LogP contribution in [0.2, 0.25) is 0 Å². The Hall–Kier alpha value is -2.41. The summed E-state index contributed by atoms with van der Waals surface area (Å²) in [7, 11) is 0. The molecule has 108 valence electrons. The highest BCUT2D eigenvalue weighted by Crippen LogP contribution is 2.38. The van der Waals surface area contributed by atoms with Crippen molar-refractivity contribution in [1.82, 2.24) is 9.97 Å². The molecule has 4 N–H and O–H groups in total. The number of furan rings is 1. The van der Waals surface area contributed by atoms with E-state index >= 15 is 0 Å². The maximum atomic E-state index is 11.5. The van der Waals surface area contributed by atoms with Gasteiger partial charge in [-0.2, -0.15) is 0 Å². The van der Waals surface area contributed by atoms with Crippen molar-refractivity contribution in [3.63, 3.8) is 0 Å². The molecule has 0 aromatic carbocycles. The molecular weight excluding hydrogens is 288 g/mol. The SMILES string of the molecule is Cc1nc(-c2cc(C)c(C)o2)c2c(N)c(C(N)=O)sc2n1. The van der Waals surface area contributed by atoms with Gasteiger partial charge in [0.15, 0.2) is 5.76 Å². The normalized spacial score (nSPS) is 11.2. The molecule has 0 spiro atoms. The third-order valence-electron chi connectivity index (χ3n) is 3.32. The number of hydrogen-bond donors (Lipinski definition) is 2. The highest BCUT2D eigenvalue weighted by molar-refractivity contribution is 7.21. The molecule has 0 atom stereocenters. The van der Waals surface area contributed by atoms with Gasteiger partial charge in [0, 0.05) is 0 Å². The first kappa shape index (κ1) is 13.6. The molecule has 0 aliphatic heterocycles. The summed E-state index contributed by atoms with van der Waals surface area (Å²) in [5, 5.41) is 0.619. The second-order valence-electron chi connectivity index (χ2n) is 4.86. The molecule has 3 rings (SSSR count). The lowest BCUT2D eigenvalue weighted by Gasteiger charge is -2.02. The Balaban J connectivity index is 2.38. The van der Waals surface area contributed by atoms with Crippen LogP contribution in [-0.4, -0.2) is 15.9 Å². The van der Waals surface area contributed by atoms with Crippen LogP contribution in [0.4, 0.5) is 5.69 Å². The zero-order valence-electron chi connectivity index (χ0n) is 11.9. The average Bonchev–Trinajstić information content (AvgIpc) is 2.90. The number of nitrogens with two attached hydrogens (primary N) is 2. The molecule has 0 bridgehead atoms. The number of amides is 1. The monoisotopic (exact) mass is 302 g/mol. The third-order valence-corrected chi connectivity index (χ3v) is 4.44. The van der Waals surface area contributed by atoms with Crippen molar-refractivity contribution >= 4 is 33.1 Å². The molecule has 0 saturated carbocycles. The third kappa shape index (κ3) is 2.06. The summed E-state index contributed by atoms with van der Waals surface area (Å²) < 4.78 is 5.73. The molecule has 0 saturated heterocycles. The van der Waals surface area contributed by atoms with Crippen LogP contribution < -0.4 is 11.5 Å². The number of rotatable bonds is 2. The highest BCUT2D eigenvalue weighted by atomic mass is 32.1. The molecule has 0 unspecified atom stereocenters. The molecule has 6 nitrogen and oxygen atoms in total. The van der Waals surface area contributed by atoms with Crippen molar-refractivity contribution in [3.8, 4) is 11.5 Å². The van der Waals surface area contributed by atoms with Gasteiger partial charge in [-0.1, -0.05) is 0 Å². The van der Waals surface area contributed by atoms with Crippen LogP contribution in [0.15, 0.2) is 10.5 Å². The number of nitrogens with zero attached hydrogens (tertiary/aromatic N) is 2. The number of primary amides is 1. The van der Waals surface area contributed by atoms with Crippen molar-refractivity contribution in [1.29, 1.82) is 0 Å². The van der Waals surface area contributed by atoms with E-state index in [2.05, 4.69) is 9.97 Å². The Bertz CT molecular complexity index is 859. The first-order valence-electron chi connectivity index (χ1n) is 6.32. The van der Waals surface area contributed by atoms with Gasteiger partial charge in [-0.05, 0) is 32.4 Å². The number of aromatic nitrogens is 2. The first-order chi connectivity index (χ1) is 9.88. The molecule has 0 radical (unpaired) electrons. The molecule has 0 fully saturated rings. The number of thiophene rings is 1. The maximum absolute atomic E-state index is 11.5. The van der Waals surface area contributed by atoms with Gasteiger partial charge >= 0.3 is 0 Å². The van der Waals surface area contributed by atoms with Crippen LogP contribution in [0.5, 0.6) is 0 Å². The van der Waals surface area contributed by atoms with Crippen LogP contribution in [0.3, 0.4) is 0 Å². The Morgan fingerprint density at radius 1 is 1.29 bits per heavy atom. The Labute approximate surface area is 124 Å². The van der Waals surface area contributed by atoms with E-state index in [1.54, 1.807) is 6.92 Å². The molecule has 3 aromatic heterocycles. The van der Waals surface area contributed by atoms with Crippen LogP contribution >= 0.6 is 11.3 Å². The fourth-order valence-electron chi connectivity index (χ4n) is 2.18. The molecule has 7 heteroatoms. The smallest absolute Gasteiger partial charge is 0.260 e. The van der Waals surface area contributed by atoms with E-state index in [4.69, 9.17) is 15.9 Å². The molecule has 3 heterocycles. The minimum Gasteiger partial charge on any atom is -0.459 e. The summed E-state index contributed by atoms with van der Waals surface area (Å²) in [6, 6.07) is 1.90. The number of nitrogen functional groups attached to an aromatic ring is 1. The van der Waals surface area contributed by atoms with E-state index in [-0.39, 0.29) is 0 Å².